The van der Waals surface area contributed by atoms with Gasteiger partial charge in [0.05, 0.1) is 18.2 Å². The van der Waals surface area contributed by atoms with E-state index in [1.54, 1.807) is 24.3 Å². The van der Waals surface area contributed by atoms with Gasteiger partial charge in [-0.3, -0.25) is 0 Å². The highest BCUT2D eigenvalue weighted by Gasteiger charge is 2.12. The molecule has 3 nitrogen and oxygen atoms in total. The minimum Gasteiger partial charge on any atom is -0.483 e. The molecule has 2 aromatic carbocycles. The number of hydrogen-bond donors (Lipinski definition) is 1. The van der Waals surface area contributed by atoms with Crippen molar-refractivity contribution in [2.75, 3.05) is 0 Å². The standard InChI is InChI=1S/C15H11F2NO2/c16-13-5-12(8-19)6-14(17)15(13)20-9-11-3-1-10(7-18)2-4-11/h1-6,19H,8-9H2. The number of ether oxygens (including phenoxy) is 1. The van der Waals surface area contributed by atoms with Crippen molar-refractivity contribution in [3.8, 4) is 11.8 Å². The zero-order chi connectivity index (χ0) is 14.5. The Hall–Kier alpha value is -2.45. The number of rotatable bonds is 4. The van der Waals surface area contributed by atoms with E-state index in [2.05, 4.69) is 0 Å². The van der Waals surface area contributed by atoms with Crippen molar-refractivity contribution in [2.45, 2.75) is 13.2 Å². The number of aliphatic hydroxyl groups is 1. The molecule has 2 aromatic rings. The Labute approximate surface area is 114 Å². The summed E-state index contributed by atoms with van der Waals surface area (Å²) in [5.41, 5.74) is 1.33. The number of nitrogens with zero attached hydrogens (tertiary/aromatic N) is 1. The highest BCUT2D eigenvalue weighted by atomic mass is 19.1. The zero-order valence-electron chi connectivity index (χ0n) is 10.4. The van der Waals surface area contributed by atoms with Gasteiger partial charge in [-0.1, -0.05) is 12.1 Å². The molecule has 0 saturated carbocycles. The molecule has 1 N–H and O–H groups in total. The van der Waals surface area contributed by atoms with E-state index in [-0.39, 0.29) is 12.2 Å². The number of nitriles is 1. The molecule has 0 fully saturated rings. The zero-order valence-corrected chi connectivity index (χ0v) is 10.4. The van der Waals surface area contributed by atoms with Crippen molar-refractivity contribution >= 4 is 0 Å². The van der Waals surface area contributed by atoms with Crippen LogP contribution in [0.1, 0.15) is 16.7 Å². The maximum absolute atomic E-state index is 13.6. The first-order valence-electron chi connectivity index (χ1n) is 5.84. The van der Waals surface area contributed by atoms with Crippen LogP contribution in [0.4, 0.5) is 8.78 Å². The Bertz CT molecular complexity index is 625. The van der Waals surface area contributed by atoms with E-state index >= 15 is 0 Å². The number of aliphatic hydroxyl groups excluding tert-OH is 1. The van der Waals surface area contributed by atoms with E-state index in [0.717, 1.165) is 12.1 Å². The summed E-state index contributed by atoms with van der Waals surface area (Å²) >= 11 is 0. The smallest absolute Gasteiger partial charge is 0.191 e. The summed E-state index contributed by atoms with van der Waals surface area (Å²) in [5.74, 6) is -2.20. The van der Waals surface area contributed by atoms with E-state index in [9.17, 15) is 8.78 Å². The number of hydrogen-bond acceptors (Lipinski definition) is 3. The van der Waals surface area contributed by atoms with E-state index in [0.29, 0.717) is 11.1 Å². The van der Waals surface area contributed by atoms with Gasteiger partial charge >= 0.3 is 0 Å². The predicted molar refractivity (Wildman–Crippen MR) is 67.8 cm³/mol. The molecule has 20 heavy (non-hydrogen) atoms. The van der Waals surface area contributed by atoms with Crippen molar-refractivity contribution in [1.29, 1.82) is 5.26 Å². The molecule has 0 spiro atoms. The van der Waals surface area contributed by atoms with Crippen LogP contribution in [0, 0.1) is 23.0 Å². The van der Waals surface area contributed by atoms with Gasteiger partial charge in [0.2, 0.25) is 0 Å². The molecule has 2 rings (SSSR count). The normalized spacial score (nSPS) is 10.1. The van der Waals surface area contributed by atoms with E-state index in [4.69, 9.17) is 15.1 Å². The predicted octanol–water partition coefficient (Wildman–Crippen LogP) is 2.91. The first-order valence-corrected chi connectivity index (χ1v) is 5.84. The highest BCUT2D eigenvalue weighted by Crippen LogP contribution is 2.24. The fourth-order valence-electron chi connectivity index (χ4n) is 1.67. The van der Waals surface area contributed by atoms with Gasteiger partial charge in [0.15, 0.2) is 17.4 Å². The Morgan fingerprint density at radius 1 is 1.05 bits per heavy atom. The molecule has 0 radical (unpaired) electrons. The van der Waals surface area contributed by atoms with Gasteiger partial charge in [0.25, 0.3) is 0 Å². The van der Waals surface area contributed by atoms with Crippen LogP contribution in [0.2, 0.25) is 0 Å². The largest absolute Gasteiger partial charge is 0.483 e. The molecule has 0 amide bonds. The van der Waals surface area contributed by atoms with Crippen molar-refractivity contribution in [1.82, 2.24) is 0 Å². The van der Waals surface area contributed by atoms with Crippen LogP contribution in [-0.2, 0) is 13.2 Å². The third-order valence-electron chi connectivity index (χ3n) is 2.71. The molecule has 0 heterocycles. The lowest BCUT2D eigenvalue weighted by atomic mass is 10.1. The molecular weight excluding hydrogens is 264 g/mol. The van der Waals surface area contributed by atoms with Crippen molar-refractivity contribution in [2.24, 2.45) is 0 Å². The van der Waals surface area contributed by atoms with Crippen LogP contribution in [0.15, 0.2) is 36.4 Å². The summed E-state index contributed by atoms with van der Waals surface area (Å²) in [5, 5.41) is 17.5. The third kappa shape index (κ3) is 3.11. The molecule has 5 heteroatoms. The second kappa shape index (κ2) is 6.13. The Morgan fingerprint density at radius 3 is 2.15 bits per heavy atom. The highest BCUT2D eigenvalue weighted by molar-refractivity contribution is 5.33. The summed E-state index contributed by atoms with van der Waals surface area (Å²) in [4.78, 5) is 0. The Kier molecular flexibility index (Phi) is 4.28. The molecule has 0 bridgehead atoms. The number of halogens is 2. The van der Waals surface area contributed by atoms with Gasteiger partial charge in [0, 0.05) is 0 Å². The lowest BCUT2D eigenvalue weighted by Gasteiger charge is -2.09. The van der Waals surface area contributed by atoms with Gasteiger partial charge in [-0.25, -0.2) is 8.78 Å². The van der Waals surface area contributed by atoms with Crippen LogP contribution < -0.4 is 4.74 Å². The summed E-state index contributed by atoms with van der Waals surface area (Å²) in [6.07, 6.45) is 0. The quantitative estimate of drug-likeness (QED) is 0.933. The molecule has 0 aromatic heterocycles. The fourth-order valence-corrected chi connectivity index (χ4v) is 1.67. The van der Waals surface area contributed by atoms with Crippen molar-refractivity contribution < 1.29 is 18.6 Å². The summed E-state index contributed by atoms with van der Waals surface area (Å²) in [7, 11) is 0. The molecule has 0 saturated heterocycles. The van der Waals surface area contributed by atoms with Crippen LogP contribution in [-0.4, -0.2) is 5.11 Å². The second-order valence-corrected chi connectivity index (χ2v) is 4.14. The van der Waals surface area contributed by atoms with Gasteiger partial charge in [-0.2, -0.15) is 5.26 Å². The summed E-state index contributed by atoms with van der Waals surface area (Å²) < 4.78 is 32.3. The lowest BCUT2D eigenvalue weighted by molar-refractivity contribution is 0.266. The Balaban J connectivity index is 2.12. The first-order chi connectivity index (χ1) is 9.63. The maximum atomic E-state index is 13.6. The van der Waals surface area contributed by atoms with Crippen LogP contribution in [0.3, 0.4) is 0 Å². The summed E-state index contributed by atoms with van der Waals surface area (Å²) in [6, 6.07) is 10.5. The second-order valence-electron chi connectivity index (χ2n) is 4.14. The van der Waals surface area contributed by atoms with Gasteiger partial charge in [0.1, 0.15) is 6.61 Å². The average molecular weight is 275 g/mol. The SMILES string of the molecule is N#Cc1ccc(COc2c(F)cc(CO)cc2F)cc1. The van der Waals surface area contributed by atoms with E-state index < -0.39 is 24.0 Å². The molecular formula is C15H11F2NO2. The van der Waals surface area contributed by atoms with Crippen LogP contribution in [0.25, 0.3) is 0 Å². The molecule has 0 aliphatic carbocycles. The fraction of sp³-hybridized carbons (Fsp3) is 0.133. The van der Waals surface area contributed by atoms with Crippen molar-refractivity contribution in [3.63, 3.8) is 0 Å². The monoisotopic (exact) mass is 275 g/mol. The van der Waals surface area contributed by atoms with E-state index in [1.807, 2.05) is 6.07 Å². The minimum absolute atomic E-state index is 0.0159. The molecule has 102 valence electrons. The molecule has 0 atom stereocenters. The first kappa shape index (κ1) is 14.0. The average Bonchev–Trinajstić information content (AvgIpc) is 2.46. The lowest BCUT2D eigenvalue weighted by Crippen LogP contribution is -2.01. The van der Waals surface area contributed by atoms with E-state index in [1.165, 1.54) is 0 Å². The van der Waals surface area contributed by atoms with Crippen LogP contribution in [0.5, 0.6) is 5.75 Å². The third-order valence-corrected chi connectivity index (χ3v) is 2.71. The van der Waals surface area contributed by atoms with Crippen molar-refractivity contribution in [3.05, 3.63) is 64.7 Å². The summed E-state index contributed by atoms with van der Waals surface area (Å²) in [6.45, 7) is -0.457. The van der Waals surface area contributed by atoms with Gasteiger partial charge in [-0.15, -0.1) is 0 Å². The maximum Gasteiger partial charge on any atom is 0.191 e. The van der Waals surface area contributed by atoms with Gasteiger partial charge in [-0.05, 0) is 35.4 Å². The Morgan fingerprint density at radius 2 is 1.65 bits per heavy atom. The number of benzene rings is 2. The van der Waals surface area contributed by atoms with Gasteiger partial charge < -0.3 is 9.84 Å². The van der Waals surface area contributed by atoms with Crippen LogP contribution >= 0.6 is 0 Å². The minimum atomic E-state index is -0.859. The topological polar surface area (TPSA) is 53.2 Å². The molecule has 0 aliphatic heterocycles. The molecule has 0 unspecified atom stereocenters. The molecule has 0 aliphatic rings.